The van der Waals surface area contributed by atoms with Gasteiger partial charge >= 0.3 is 0 Å². The molecule has 104 valence electrons. The van der Waals surface area contributed by atoms with E-state index in [4.69, 9.17) is 16.7 Å². The molecular weight excluding hydrogens is 278 g/mol. The van der Waals surface area contributed by atoms with Crippen molar-refractivity contribution in [1.29, 1.82) is 0 Å². The second-order valence-electron chi connectivity index (χ2n) is 4.53. The zero-order valence-corrected chi connectivity index (χ0v) is 11.7. The summed E-state index contributed by atoms with van der Waals surface area (Å²) in [5.41, 5.74) is 2.50. The topological polar surface area (TPSA) is 75.9 Å². The molecule has 7 heteroatoms. The van der Waals surface area contributed by atoms with Gasteiger partial charge in [0.1, 0.15) is 5.52 Å². The van der Waals surface area contributed by atoms with Gasteiger partial charge in [-0.1, -0.05) is 11.6 Å². The van der Waals surface area contributed by atoms with Crippen LogP contribution in [0.3, 0.4) is 0 Å². The van der Waals surface area contributed by atoms with E-state index in [-0.39, 0.29) is 6.61 Å². The number of rotatable bonds is 4. The Morgan fingerprint density at radius 3 is 3.00 bits per heavy atom. The van der Waals surface area contributed by atoms with Crippen LogP contribution >= 0.6 is 11.6 Å². The number of aryl methyl sites for hydroxylation is 1. The minimum absolute atomic E-state index is 0.134. The summed E-state index contributed by atoms with van der Waals surface area (Å²) in [7, 11) is 1.94. The van der Waals surface area contributed by atoms with Gasteiger partial charge in [-0.3, -0.25) is 0 Å². The molecule has 3 aromatic rings. The average molecular weight is 292 g/mol. The Morgan fingerprint density at radius 2 is 2.20 bits per heavy atom. The van der Waals surface area contributed by atoms with Crippen molar-refractivity contribution in [2.45, 2.75) is 6.42 Å². The second-order valence-corrected chi connectivity index (χ2v) is 4.97. The summed E-state index contributed by atoms with van der Waals surface area (Å²) in [6.45, 7) is 0.745. The minimum atomic E-state index is 0.134. The van der Waals surface area contributed by atoms with Crippen LogP contribution in [-0.4, -0.2) is 38.0 Å². The molecule has 0 atom stereocenters. The first-order valence-corrected chi connectivity index (χ1v) is 6.71. The number of aliphatic hydroxyl groups excluding tert-OH is 1. The summed E-state index contributed by atoms with van der Waals surface area (Å²) < 4.78 is 1.97. The molecule has 2 heterocycles. The van der Waals surface area contributed by atoms with Gasteiger partial charge in [-0.05, 0) is 24.6 Å². The van der Waals surface area contributed by atoms with Gasteiger partial charge in [-0.2, -0.15) is 4.98 Å². The molecule has 6 nitrogen and oxygen atoms in total. The molecule has 2 aromatic heterocycles. The highest BCUT2D eigenvalue weighted by Gasteiger charge is 2.12. The quantitative estimate of drug-likeness (QED) is 0.719. The molecule has 0 amide bonds. The number of nitrogens with one attached hydrogen (secondary N) is 1. The number of hydrogen-bond acceptors (Lipinski definition) is 5. The van der Waals surface area contributed by atoms with Crippen LogP contribution in [0.5, 0.6) is 0 Å². The van der Waals surface area contributed by atoms with E-state index in [2.05, 4.69) is 20.5 Å². The first-order valence-electron chi connectivity index (χ1n) is 6.34. The Labute approximate surface area is 120 Å². The number of anilines is 1. The molecule has 0 aliphatic heterocycles. The van der Waals surface area contributed by atoms with Crippen molar-refractivity contribution in [1.82, 2.24) is 19.7 Å². The van der Waals surface area contributed by atoms with Crippen molar-refractivity contribution in [3.63, 3.8) is 0 Å². The molecule has 0 aliphatic carbocycles. The molecular formula is C13H14ClN5O. The fourth-order valence-electron chi connectivity index (χ4n) is 2.18. The van der Waals surface area contributed by atoms with Crippen LogP contribution in [0.2, 0.25) is 5.02 Å². The number of aromatic nitrogens is 4. The zero-order chi connectivity index (χ0) is 14.1. The SMILES string of the molecule is Cn1c2ccc(Cl)cc2c2nnc(NCCCO)nc21. The molecule has 3 rings (SSSR count). The van der Waals surface area contributed by atoms with Crippen molar-refractivity contribution < 1.29 is 5.11 Å². The van der Waals surface area contributed by atoms with Crippen LogP contribution in [0.1, 0.15) is 6.42 Å². The molecule has 0 aliphatic rings. The summed E-state index contributed by atoms with van der Waals surface area (Å²) in [4.78, 5) is 4.47. The molecule has 1 aromatic carbocycles. The molecule has 0 spiro atoms. The normalized spacial score (nSPS) is 11.3. The highest BCUT2D eigenvalue weighted by molar-refractivity contribution is 6.31. The second kappa shape index (κ2) is 5.22. The number of nitrogens with zero attached hydrogens (tertiary/aromatic N) is 4. The van der Waals surface area contributed by atoms with Crippen LogP contribution in [0, 0.1) is 0 Å². The Balaban J connectivity index is 2.10. The number of hydrogen-bond donors (Lipinski definition) is 2. The summed E-state index contributed by atoms with van der Waals surface area (Å²) >= 11 is 6.03. The molecule has 0 saturated carbocycles. The Bertz CT molecular complexity index is 770. The van der Waals surface area contributed by atoms with Crippen LogP contribution in [0.4, 0.5) is 5.95 Å². The Kier molecular flexibility index (Phi) is 3.42. The number of fused-ring (bicyclic) bond motifs is 3. The molecule has 0 saturated heterocycles. The lowest BCUT2D eigenvalue weighted by Crippen LogP contribution is -2.08. The van der Waals surface area contributed by atoms with Crippen LogP contribution in [0.25, 0.3) is 22.1 Å². The largest absolute Gasteiger partial charge is 0.396 e. The van der Waals surface area contributed by atoms with Gasteiger partial charge < -0.3 is 15.0 Å². The highest BCUT2D eigenvalue weighted by atomic mass is 35.5. The lowest BCUT2D eigenvalue weighted by molar-refractivity contribution is 0.292. The fraction of sp³-hybridized carbons (Fsp3) is 0.308. The fourth-order valence-corrected chi connectivity index (χ4v) is 2.36. The third kappa shape index (κ3) is 2.17. The van der Waals surface area contributed by atoms with E-state index in [9.17, 15) is 0 Å². The number of benzene rings is 1. The lowest BCUT2D eigenvalue weighted by Gasteiger charge is -2.02. The van der Waals surface area contributed by atoms with E-state index in [1.165, 1.54) is 0 Å². The average Bonchev–Trinajstić information content (AvgIpc) is 2.72. The van der Waals surface area contributed by atoms with Gasteiger partial charge in [0, 0.05) is 30.6 Å². The van der Waals surface area contributed by atoms with Crippen molar-refractivity contribution in [3.8, 4) is 0 Å². The van der Waals surface area contributed by atoms with Crippen LogP contribution < -0.4 is 5.32 Å². The van der Waals surface area contributed by atoms with E-state index in [0.717, 1.165) is 22.1 Å². The van der Waals surface area contributed by atoms with Crippen molar-refractivity contribution in [3.05, 3.63) is 23.2 Å². The molecule has 20 heavy (non-hydrogen) atoms. The maximum atomic E-state index is 8.77. The van der Waals surface area contributed by atoms with E-state index in [0.29, 0.717) is 23.9 Å². The highest BCUT2D eigenvalue weighted by Crippen LogP contribution is 2.27. The molecule has 0 unspecified atom stereocenters. The molecule has 0 bridgehead atoms. The number of halogens is 1. The van der Waals surface area contributed by atoms with Crippen LogP contribution in [0.15, 0.2) is 18.2 Å². The maximum absolute atomic E-state index is 8.77. The molecule has 2 N–H and O–H groups in total. The van der Waals surface area contributed by atoms with Crippen LogP contribution in [-0.2, 0) is 7.05 Å². The van der Waals surface area contributed by atoms with Crippen molar-refractivity contribution >= 4 is 39.6 Å². The summed E-state index contributed by atoms with van der Waals surface area (Å²) in [6, 6.07) is 5.66. The number of aliphatic hydroxyl groups is 1. The van der Waals surface area contributed by atoms with E-state index in [1.54, 1.807) is 0 Å². The third-order valence-corrected chi connectivity index (χ3v) is 3.41. The van der Waals surface area contributed by atoms with Gasteiger partial charge in [0.15, 0.2) is 5.65 Å². The Morgan fingerprint density at radius 1 is 1.35 bits per heavy atom. The Hall–Kier alpha value is -1.92. The van der Waals surface area contributed by atoms with E-state index >= 15 is 0 Å². The first kappa shape index (κ1) is 13.1. The van der Waals surface area contributed by atoms with E-state index in [1.807, 2.05) is 29.8 Å². The first-order chi connectivity index (χ1) is 9.70. The predicted octanol–water partition coefficient (Wildman–Crippen LogP) is 1.96. The van der Waals surface area contributed by atoms with Gasteiger partial charge in [-0.25, -0.2) is 0 Å². The lowest BCUT2D eigenvalue weighted by atomic mass is 10.2. The van der Waals surface area contributed by atoms with Gasteiger partial charge in [-0.15, -0.1) is 10.2 Å². The van der Waals surface area contributed by atoms with E-state index < -0.39 is 0 Å². The van der Waals surface area contributed by atoms with Gasteiger partial charge in [0.2, 0.25) is 5.95 Å². The zero-order valence-electron chi connectivity index (χ0n) is 11.0. The summed E-state index contributed by atoms with van der Waals surface area (Å²) in [6.07, 6.45) is 0.645. The van der Waals surface area contributed by atoms with Gasteiger partial charge in [0.25, 0.3) is 0 Å². The smallest absolute Gasteiger partial charge is 0.244 e. The summed E-state index contributed by atoms with van der Waals surface area (Å²) in [5, 5.41) is 21.7. The standard InChI is InChI=1S/C13H14ClN5O/c1-19-10-4-3-8(14)7-9(10)11-12(19)16-13(18-17-11)15-5-2-6-20/h3-4,7,20H,2,5-6H2,1H3,(H,15,16,18). The van der Waals surface area contributed by atoms with Crippen molar-refractivity contribution in [2.24, 2.45) is 7.05 Å². The molecule has 0 radical (unpaired) electrons. The monoisotopic (exact) mass is 291 g/mol. The minimum Gasteiger partial charge on any atom is -0.396 e. The van der Waals surface area contributed by atoms with Crippen molar-refractivity contribution in [2.75, 3.05) is 18.5 Å². The summed E-state index contributed by atoms with van der Waals surface area (Å²) in [5.74, 6) is 0.461. The maximum Gasteiger partial charge on any atom is 0.244 e. The third-order valence-electron chi connectivity index (χ3n) is 3.18. The van der Waals surface area contributed by atoms with Gasteiger partial charge in [0.05, 0.1) is 5.52 Å². The predicted molar refractivity (Wildman–Crippen MR) is 79.0 cm³/mol. The molecule has 0 fully saturated rings.